The van der Waals surface area contributed by atoms with Gasteiger partial charge in [-0.1, -0.05) is 19.9 Å². The first-order valence-electron chi connectivity index (χ1n) is 6.45. The van der Waals surface area contributed by atoms with Gasteiger partial charge in [0.25, 0.3) is 5.56 Å². The van der Waals surface area contributed by atoms with E-state index in [1.54, 1.807) is 6.07 Å². The van der Waals surface area contributed by atoms with Crippen LogP contribution in [0.1, 0.15) is 37.9 Å². The first-order valence-corrected chi connectivity index (χ1v) is 6.45. The highest BCUT2D eigenvalue weighted by Gasteiger charge is 2.19. The Morgan fingerprint density at radius 2 is 2.12 bits per heavy atom. The molecule has 1 aromatic heterocycles. The summed E-state index contributed by atoms with van der Waals surface area (Å²) >= 11 is 0. The zero-order valence-corrected chi connectivity index (χ0v) is 10.8. The van der Waals surface area contributed by atoms with Gasteiger partial charge in [0.15, 0.2) is 0 Å². The quantitative estimate of drug-likeness (QED) is 0.862. The minimum Gasteiger partial charge on any atom is -0.330 e. The Bertz CT molecular complexity index is 460. The van der Waals surface area contributed by atoms with Gasteiger partial charge < -0.3 is 10.3 Å². The second-order valence-corrected chi connectivity index (χ2v) is 5.77. The van der Waals surface area contributed by atoms with Gasteiger partial charge in [0.2, 0.25) is 0 Å². The Kier molecular flexibility index (Phi) is 3.38. The highest BCUT2D eigenvalue weighted by Crippen LogP contribution is 2.23. The maximum Gasteiger partial charge on any atom is 0.250 e. The summed E-state index contributed by atoms with van der Waals surface area (Å²) in [6.07, 6.45) is 4.31. The molecular weight excluding hydrogens is 212 g/mol. The normalized spacial score (nSPS) is 15.0. The highest BCUT2D eigenvalue weighted by atomic mass is 16.1. The van der Waals surface area contributed by atoms with Crippen molar-refractivity contribution < 1.29 is 0 Å². The van der Waals surface area contributed by atoms with E-state index >= 15 is 0 Å². The van der Waals surface area contributed by atoms with Crippen LogP contribution in [0.4, 0.5) is 0 Å². The molecule has 0 unspecified atom stereocenters. The third-order valence-electron chi connectivity index (χ3n) is 3.81. The monoisotopic (exact) mass is 234 g/mol. The van der Waals surface area contributed by atoms with Crippen LogP contribution in [0.25, 0.3) is 0 Å². The number of fused-ring (bicyclic) bond motifs is 1. The zero-order chi connectivity index (χ0) is 12.5. The number of nitrogens with two attached hydrogens (primary N) is 1. The van der Waals surface area contributed by atoms with Gasteiger partial charge in [0.05, 0.1) is 0 Å². The summed E-state index contributed by atoms with van der Waals surface area (Å²) in [5.41, 5.74) is 8.59. The Hall–Kier alpha value is -1.09. The van der Waals surface area contributed by atoms with E-state index in [1.807, 2.05) is 10.6 Å². The summed E-state index contributed by atoms with van der Waals surface area (Å²) in [7, 11) is 0. The maximum atomic E-state index is 11.9. The second kappa shape index (κ2) is 4.65. The minimum absolute atomic E-state index is 0.112. The molecule has 0 saturated heterocycles. The van der Waals surface area contributed by atoms with Crippen molar-refractivity contribution >= 4 is 0 Å². The number of nitrogens with zero attached hydrogens (tertiary/aromatic N) is 1. The molecule has 1 aliphatic rings. The van der Waals surface area contributed by atoms with E-state index in [2.05, 4.69) is 13.8 Å². The fraction of sp³-hybridized carbons (Fsp3) is 0.643. The molecular formula is C14H22N2O. The van der Waals surface area contributed by atoms with Crippen molar-refractivity contribution in [3.63, 3.8) is 0 Å². The molecule has 0 radical (unpaired) electrons. The molecule has 1 heterocycles. The topological polar surface area (TPSA) is 48.0 Å². The van der Waals surface area contributed by atoms with Gasteiger partial charge in [-0.3, -0.25) is 4.79 Å². The van der Waals surface area contributed by atoms with Crippen molar-refractivity contribution in [1.82, 2.24) is 4.57 Å². The standard InChI is InChI=1S/C14H22N2O/c1-14(2,10-15)8-9-16-12-5-3-4-11(12)6-7-13(16)17/h6-7H,3-5,8-10,15H2,1-2H3. The molecule has 0 atom stereocenters. The van der Waals surface area contributed by atoms with E-state index in [4.69, 9.17) is 5.73 Å². The fourth-order valence-corrected chi connectivity index (χ4v) is 2.40. The highest BCUT2D eigenvalue weighted by molar-refractivity contribution is 5.25. The van der Waals surface area contributed by atoms with Crippen LogP contribution in [-0.4, -0.2) is 11.1 Å². The van der Waals surface area contributed by atoms with Crippen LogP contribution in [-0.2, 0) is 19.4 Å². The number of pyridine rings is 1. The molecule has 2 rings (SSSR count). The molecule has 1 aromatic rings. The number of aryl methyl sites for hydroxylation is 1. The predicted octanol–water partition coefficient (Wildman–Crippen LogP) is 1.71. The van der Waals surface area contributed by atoms with Crippen LogP contribution in [0, 0.1) is 5.41 Å². The molecule has 94 valence electrons. The molecule has 0 fully saturated rings. The first kappa shape index (κ1) is 12.4. The molecule has 2 N–H and O–H groups in total. The van der Waals surface area contributed by atoms with E-state index in [9.17, 15) is 4.79 Å². The molecule has 0 spiro atoms. The van der Waals surface area contributed by atoms with Crippen molar-refractivity contribution in [1.29, 1.82) is 0 Å². The van der Waals surface area contributed by atoms with Gasteiger partial charge in [0.1, 0.15) is 0 Å². The third kappa shape index (κ3) is 2.60. The lowest BCUT2D eigenvalue weighted by molar-refractivity contribution is 0.320. The number of aromatic nitrogens is 1. The lowest BCUT2D eigenvalue weighted by Crippen LogP contribution is -2.29. The van der Waals surface area contributed by atoms with Crippen LogP contribution < -0.4 is 11.3 Å². The van der Waals surface area contributed by atoms with Crippen molar-refractivity contribution in [3.8, 4) is 0 Å². The van der Waals surface area contributed by atoms with Crippen molar-refractivity contribution in [2.75, 3.05) is 6.54 Å². The van der Waals surface area contributed by atoms with E-state index in [0.717, 1.165) is 25.8 Å². The van der Waals surface area contributed by atoms with E-state index in [1.165, 1.54) is 17.7 Å². The summed E-state index contributed by atoms with van der Waals surface area (Å²) in [4.78, 5) is 11.9. The van der Waals surface area contributed by atoms with Gasteiger partial charge in [0, 0.05) is 18.3 Å². The van der Waals surface area contributed by atoms with Gasteiger partial charge in [-0.25, -0.2) is 0 Å². The molecule has 3 nitrogen and oxygen atoms in total. The number of hydrogen-bond acceptors (Lipinski definition) is 2. The summed E-state index contributed by atoms with van der Waals surface area (Å²) in [6.45, 7) is 5.77. The van der Waals surface area contributed by atoms with Gasteiger partial charge >= 0.3 is 0 Å². The molecule has 17 heavy (non-hydrogen) atoms. The zero-order valence-electron chi connectivity index (χ0n) is 10.8. The van der Waals surface area contributed by atoms with Crippen LogP contribution in [0.15, 0.2) is 16.9 Å². The Balaban J connectivity index is 2.22. The largest absolute Gasteiger partial charge is 0.330 e. The van der Waals surface area contributed by atoms with Crippen molar-refractivity contribution in [2.24, 2.45) is 11.1 Å². The molecule has 0 bridgehead atoms. The Morgan fingerprint density at radius 1 is 1.35 bits per heavy atom. The molecule has 3 heteroatoms. The summed E-state index contributed by atoms with van der Waals surface area (Å²) in [5, 5.41) is 0. The van der Waals surface area contributed by atoms with Crippen molar-refractivity contribution in [3.05, 3.63) is 33.7 Å². The maximum absolute atomic E-state index is 11.9. The Morgan fingerprint density at radius 3 is 2.82 bits per heavy atom. The van der Waals surface area contributed by atoms with Crippen LogP contribution in [0.5, 0.6) is 0 Å². The summed E-state index contributed by atoms with van der Waals surface area (Å²) < 4.78 is 1.96. The molecule has 0 saturated carbocycles. The molecule has 0 aliphatic heterocycles. The average Bonchev–Trinajstić information content (AvgIpc) is 2.76. The number of rotatable bonds is 4. The van der Waals surface area contributed by atoms with Gasteiger partial charge in [-0.2, -0.15) is 0 Å². The smallest absolute Gasteiger partial charge is 0.250 e. The van der Waals surface area contributed by atoms with E-state index in [-0.39, 0.29) is 11.0 Å². The average molecular weight is 234 g/mol. The van der Waals surface area contributed by atoms with Crippen LogP contribution in [0.3, 0.4) is 0 Å². The summed E-state index contributed by atoms with van der Waals surface area (Å²) in [5.74, 6) is 0. The van der Waals surface area contributed by atoms with Crippen molar-refractivity contribution in [2.45, 2.75) is 46.1 Å². The van der Waals surface area contributed by atoms with Gasteiger partial charge in [-0.15, -0.1) is 0 Å². The predicted molar refractivity (Wildman–Crippen MR) is 70.2 cm³/mol. The van der Waals surface area contributed by atoms with E-state index < -0.39 is 0 Å². The number of hydrogen-bond donors (Lipinski definition) is 1. The van der Waals surface area contributed by atoms with E-state index in [0.29, 0.717) is 6.54 Å². The SMILES string of the molecule is CC(C)(CN)CCn1c2c(ccc1=O)CCC2. The minimum atomic E-state index is 0.112. The summed E-state index contributed by atoms with van der Waals surface area (Å²) in [6, 6.07) is 3.70. The molecule has 0 aromatic carbocycles. The lowest BCUT2D eigenvalue weighted by atomic mass is 9.89. The van der Waals surface area contributed by atoms with Crippen LogP contribution in [0.2, 0.25) is 0 Å². The molecule has 1 aliphatic carbocycles. The third-order valence-corrected chi connectivity index (χ3v) is 3.81. The molecule has 0 amide bonds. The van der Waals surface area contributed by atoms with Gasteiger partial charge in [-0.05, 0) is 43.2 Å². The lowest BCUT2D eigenvalue weighted by Gasteiger charge is -2.23. The second-order valence-electron chi connectivity index (χ2n) is 5.77. The fourth-order valence-electron chi connectivity index (χ4n) is 2.40. The van der Waals surface area contributed by atoms with Crippen LogP contribution >= 0.6 is 0 Å². The first-order chi connectivity index (χ1) is 8.03. The Labute approximate surface area is 103 Å².